The molecule has 0 N–H and O–H groups in total. The van der Waals surface area contributed by atoms with Crippen LogP contribution in [0.2, 0.25) is 30.7 Å². The molecule has 1 fully saturated rings. The van der Waals surface area contributed by atoms with Crippen molar-refractivity contribution in [1.29, 1.82) is 0 Å². The first-order valence-corrected chi connectivity index (χ1v) is 17.1. The second-order valence-electron chi connectivity index (χ2n) is 5.85. The van der Waals surface area contributed by atoms with E-state index in [9.17, 15) is 0 Å². The fourth-order valence-electron chi connectivity index (χ4n) is 2.63. The molecule has 0 radical (unpaired) electrons. The minimum Gasteiger partial charge on any atom is -0.394 e. The fourth-order valence-corrected chi connectivity index (χ4v) is 21.5. The maximum Gasteiger partial charge on any atom is 0.485 e. The molecular formula is C13H34O7Si4. The van der Waals surface area contributed by atoms with Crippen molar-refractivity contribution in [3.8, 4) is 0 Å². The van der Waals surface area contributed by atoms with Crippen LogP contribution < -0.4 is 0 Å². The summed E-state index contributed by atoms with van der Waals surface area (Å²) in [6, 6.07) is 2.68. The SMILES string of the molecule is CCO[Si]1(CC)O[Si](C)(CC)O[Si](CC)(OC)O[Si](CC)(OC)O1. The summed E-state index contributed by atoms with van der Waals surface area (Å²) < 4.78 is 43.7. The van der Waals surface area contributed by atoms with Gasteiger partial charge in [-0.2, -0.15) is 0 Å². The quantitative estimate of drug-likeness (QED) is 0.564. The molecule has 0 aliphatic carbocycles. The summed E-state index contributed by atoms with van der Waals surface area (Å²) in [6.45, 7) is 12.6. The number of rotatable bonds is 8. The van der Waals surface area contributed by atoms with Crippen LogP contribution in [0.5, 0.6) is 0 Å². The Balaban J connectivity index is 3.40. The average Bonchev–Trinajstić information content (AvgIpc) is 2.59. The molecule has 0 aromatic carbocycles. The standard InChI is InChI=1S/C13H34O7Si4/c1-9-16-24(13-5)18-21(8,10-2)17-22(11-3,14-6)19-23(12-4,15-7)20-24/h9-13H2,1-8H3. The van der Waals surface area contributed by atoms with Crippen LogP contribution in [0.4, 0.5) is 0 Å². The molecule has 0 bridgehead atoms. The zero-order chi connectivity index (χ0) is 18.5. The predicted molar refractivity (Wildman–Crippen MR) is 101 cm³/mol. The summed E-state index contributed by atoms with van der Waals surface area (Å²) >= 11 is 0. The van der Waals surface area contributed by atoms with Crippen molar-refractivity contribution in [3.05, 3.63) is 0 Å². The molecular weight excluding hydrogens is 380 g/mol. The molecule has 1 rings (SSSR count). The Hall–Kier alpha value is 0.588. The average molecular weight is 415 g/mol. The van der Waals surface area contributed by atoms with Crippen molar-refractivity contribution in [2.75, 3.05) is 20.8 Å². The highest BCUT2D eigenvalue weighted by molar-refractivity contribution is 6.90. The maximum absolute atomic E-state index is 6.56. The van der Waals surface area contributed by atoms with Crippen molar-refractivity contribution in [3.63, 3.8) is 0 Å². The molecule has 24 heavy (non-hydrogen) atoms. The van der Waals surface area contributed by atoms with E-state index in [4.69, 9.17) is 29.7 Å². The lowest BCUT2D eigenvalue weighted by molar-refractivity contribution is 0.0587. The third-order valence-electron chi connectivity index (χ3n) is 4.29. The van der Waals surface area contributed by atoms with Crippen LogP contribution in [0.3, 0.4) is 0 Å². The zero-order valence-electron chi connectivity index (χ0n) is 16.4. The van der Waals surface area contributed by atoms with Crippen LogP contribution in [0.15, 0.2) is 0 Å². The molecule has 0 aromatic rings. The topological polar surface area (TPSA) is 64.6 Å². The minimum absolute atomic E-state index is 0.521. The summed E-state index contributed by atoms with van der Waals surface area (Å²) in [5, 5.41) is 0. The molecule has 144 valence electrons. The van der Waals surface area contributed by atoms with E-state index in [0.717, 1.165) is 6.04 Å². The molecule has 4 atom stereocenters. The molecule has 1 heterocycles. The van der Waals surface area contributed by atoms with Crippen LogP contribution in [-0.4, -0.2) is 55.8 Å². The summed E-state index contributed by atoms with van der Waals surface area (Å²) in [5.74, 6) is 0. The first-order valence-electron chi connectivity index (χ1n) is 8.80. The lowest BCUT2D eigenvalue weighted by atomic mass is 10.9. The highest BCUT2D eigenvalue weighted by Gasteiger charge is 2.63. The molecule has 1 aliphatic rings. The van der Waals surface area contributed by atoms with Crippen LogP contribution in [0.1, 0.15) is 34.6 Å². The van der Waals surface area contributed by atoms with E-state index in [1.54, 1.807) is 14.2 Å². The van der Waals surface area contributed by atoms with Gasteiger partial charge in [-0.3, -0.25) is 0 Å². The van der Waals surface area contributed by atoms with Gasteiger partial charge in [0.2, 0.25) is 0 Å². The van der Waals surface area contributed by atoms with Crippen LogP contribution in [0.25, 0.3) is 0 Å². The van der Waals surface area contributed by atoms with E-state index >= 15 is 0 Å². The molecule has 0 amide bonds. The smallest absolute Gasteiger partial charge is 0.394 e. The fraction of sp³-hybridized carbons (Fsp3) is 1.00. The van der Waals surface area contributed by atoms with Crippen LogP contribution in [0, 0.1) is 0 Å². The summed E-state index contributed by atoms with van der Waals surface area (Å²) in [4.78, 5) is 0. The van der Waals surface area contributed by atoms with Gasteiger partial charge in [-0.15, -0.1) is 0 Å². The number of hydrogen-bond donors (Lipinski definition) is 0. The first-order chi connectivity index (χ1) is 11.3. The van der Waals surface area contributed by atoms with Gasteiger partial charge in [0.05, 0.1) is 0 Å². The van der Waals surface area contributed by atoms with Gasteiger partial charge in [-0.1, -0.05) is 27.7 Å². The van der Waals surface area contributed by atoms with Gasteiger partial charge in [-0.05, 0) is 19.5 Å². The molecule has 11 heteroatoms. The van der Waals surface area contributed by atoms with E-state index in [1.165, 1.54) is 0 Å². The third kappa shape index (κ3) is 4.85. The molecule has 1 aliphatic heterocycles. The van der Waals surface area contributed by atoms with E-state index in [0.29, 0.717) is 24.7 Å². The minimum atomic E-state index is -3.01. The Kier molecular flexibility index (Phi) is 8.48. The number of hydrogen-bond acceptors (Lipinski definition) is 7. The maximum atomic E-state index is 6.56. The van der Waals surface area contributed by atoms with Gasteiger partial charge >= 0.3 is 35.0 Å². The molecule has 7 nitrogen and oxygen atoms in total. The van der Waals surface area contributed by atoms with Crippen LogP contribution >= 0.6 is 0 Å². The second kappa shape index (κ2) is 8.99. The molecule has 0 aromatic heterocycles. The molecule has 4 unspecified atom stereocenters. The van der Waals surface area contributed by atoms with E-state index in [-0.39, 0.29) is 0 Å². The Bertz CT molecular complexity index is 395. The van der Waals surface area contributed by atoms with Crippen molar-refractivity contribution < 1.29 is 29.7 Å². The summed E-state index contributed by atoms with van der Waals surface area (Å²) in [5.41, 5.74) is 0. The second-order valence-corrected chi connectivity index (χ2v) is 19.4. The monoisotopic (exact) mass is 414 g/mol. The lowest BCUT2D eigenvalue weighted by Crippen LogP contribution is -2.71. The van der Waals surface area contributed by atoms with Crippen LogP contribution in [-0.2, 0) is 29.7 Å². The Morgan fingerprint density at radius 1 is 0.625 bits per heavy atom. The zero-order valence-corrected chi connectivity index (χ0v) is 20.4. The first kappa shape index (κ1) is 22.6. The van der Waals surface area contributed by atoms with Gasteiger partial charge in [0.25, 0.3) is 0 Å². The van der Waals surface area contributed by atoms with Crippen molar-refractivity contribution in [1.82, 2.24) is 0 Å². The highest BCUT2D eigenvalue weighted by atomic mass is 28.5. The summed E-state index contributed by atoms with van der Waals surface area (Å²) in [6.07, 6.45) is 0. The van der Waals surface area contributed by atoms with Crippen molar-refractivity contribution in [2.45, 2.75) is 65.3 Å². The Morgan fingerprint density at radius 2 is 1.04 bits per heavy atom. The van der Waals surface area contributed by atoms with Gasteiger partial charge in [0, 0.05) is 39.0 Å². The van der Waals surface area contributed by atoms with Gasteiger partial charge in [-0.25, -0.2) is 0 Å². The van der Waals surface area contributed by atoms with Crippen molar-refractivity contribution in [2.24, 2.45) is 0 Å². The van der Waals surface area contributed by atoms with Gasteiger partial charge < -0.3 is 29.7 Å². The Labute approximate surface area is 151 Å². The molecule has 1 saturated heterocycles. The van der Waals surface area contributed by atoms with Gasteiger partial charge in [0.1, 0.15) is 0 Å². The van der Waals surface area contributed by atoms with E-state index in [1.807, 2.05) is 34.2 Å². The third-order valence-corrected chi connectivity index (χ3v) is 21.1. The normalized spacial score (nSPS) is 41.0. The molecule has 0 saturated carbocycles. The Morgan fingerprint density at radius 3 is 1.42 bits per heavy atom. The lowest BCUT2D eigenvalue weighted by Gasteiger charge is -2.48. The van der Waals surface area contributed by atoms with Crippen molar-refractivity contribution >= 4 is 35.0 Å². The highest BCUT2D eigenvalue weighted by Crippen LogP contribution is 2.37. The summed E-state index contributed by atoms with van der Waals surface area (Å²) in [7, 11) is -8.19. The largest absolute Gasteiger partial charge is 0.485 e. The molecule has 0 spiro atoms. The van der Waals surface area contributed by atoms with E-state index < -0.39 is 35.0 Å². The van der Waals surface area contributed by atoms with Gasteiger partial charge in [0.15, 0.2) is 0 Å². The predicted octanol–water partition coefficient (Wildman–Crippen LogP) is 3.36. The van der Waals surface area contributed by atoms with E-state index in [2.05, 4.69) is 6.92 Å².